The maximum atomic E-state index is 5.33. The Labute approximate surface area is 130 Å². The fourth-order valence-electron chi connectivity index (χ4n) is 1.93. The second kappa shape index (κ2) is 7.04. The van der Waals surface area contributed by atoms with Gasteiger partial charge in [0.25, 0.3) is 0 Å². The molecule has 1 atom stereocenters. The first-order valence-corrected chi connectivity index (χ1v) is 7.14. The number of hydrogen-bond acceptors (Lipinski definition) is 3. The first kappa shape index (κ1) is 15.3. The summed E-state index contributed by atoms with van der Waals surface area (Å²) in [6, 6.07) is 11.9. The van der Waals surface area contributed by atoms with Crippen molar-refractivity contribution in [3.8, 4) is 5.75 Å². The molecule has 1 aromatic carbocycles. The number of rotatable bonds is 4. The SMILES string of the molecule is COc1ccc([C@H](C)NC(=S)Nc2ncccc2C)cc1. The normalized spacial score (nSPS) is 11.6. The number of hydrogen-bond donors (Lipinski definition) is 2. The molecule has 2 N–H and O–H groups in total. The Kier molecular flexibility index (Phi) is 5.11. The molecule has 2 rings (SSSR count). The van der Waals surface area contributed by atoms with Crippen molar-refractivity contribution < 1.29 is 4.74 Å². The highest BCUT2D eigenvalue weighted by Gasteiger charge is 2.08. The van der Waals surface area contributed by atoms with E-state index < -0.39 is 0 Å². The minimum Gasteiger partial charge on any atom is -0.497 e. The largest absolute Gasteiger partial charge is 0.497 e. The second-order valence-electron chi connectivity index (χ2n) is 4.76. The van der Waals surface area contributed by atoms with Crippen LogP contribution in [0.15, 0.2) is 42.6 Å². The zero-order valence-electron chi connectivity index (χ0n) is 12.4. The summed E-state index contributed by atoms with van der Waals surface area (Å²) in [5.74, 6) is 1.62. The van der Waals surface area contributed by atoms with Gasteiger partial charge in [0.15, 0.2) is 5.11 Å². The highest BCUT2D eigenvalue weighted by atomic mass is 32.1. The third-order valence-corrected chi connectivity index (χ3v) is 3.42. The zero-order valence-corrected chi connectivity index (χ0v) is 13.2. The van der Waals surface area contributed by atoms with Gasteiger partial charge in [-0.15, -0.1) is 0 Å². The van der Waals surface area contributed by atoms with Crippen molar-refractivity contribution in [1.29, 1.82) is 0 Å². The molecule has 2 aromatic rings. The Hall–Kier alpha value is -2.14. The zero-order chi connectivity index (χ0) is 15.2. The van der Waals surface area contributed by atoms with E-state index in [9.17, 15) is 0 Å². The summed E-state index contributed by atoms with van der Waals surface area (Å²) in [5.41, 5.74) is 2.19. The molecule has 0 aliphatic heterocycles. The molecule has 0 unspecified atom stereocenters. The highest BCUT2D eigenvalue weighted by molar-refractivity contribution is 7.80. The molecular weight excluding hydrogens is 282 g/mol. The fraction of sp³-hybridized carbons (Fsp3) is 0.250. The highest BCUT2D eigenvalue weighted by Crippen LogP contribution is 2.17. The summed E-state index contributed by atoms with van der Waals surface area (Å²) in [6.07, 6.45) is 1.74. The Morgan fingerprint density at radius 1 is 1.24 bits per heavy atom. The average Bonchev–Trinajstić information content (AvgIpc) is 2.49. The van der Waals surface area contributed by atoms with E-state index in [1.165, 1.54) is 0 Å². The molecule has 0 amide bonds. The van der Waals surface area contributed by atoms with Crippen LogP contribution in [0.3, 0.4) is 0 Å². The number of nitrogens with zero attached hydrogens (tertiary/aromatic N) is 1. The molecule has 21 heavy (non-hydrogen) atoms. The molecule has 0 fully saturated rings. The van der Waals surface area contributed by atoms with Gasteiger partial charge in [-0.25, -0.2) is 4.98 Å². The smallest absolute Gasteiger partial charge is 0.172 e. The van der Waals surface area contributed by atoms with Crippen LogP contribution in [-0.4, -0.2) is 17.2 Å². The van der Waals surface area contributed by atoms with Gasteiger partial charge in [-0.1, -0.05) is 18.2 Å². The first-order chi connectivity index (χ1) is 10.1. The van der Waals surface area contributed by atoms with Gasteiger partial charge in [-0.05, 0) is 55.4 Å². The van der Waals surface area contributed by atoms with Crippen molar-refractivity contribution in [1.82, 2.24) is 10.3 Å². The van der Waals surface area contributed by atoms with E-state index >= 15 is 0 Å². The van der Waals surface area contributed by atoms with Gasteiger partial charge in [0.05, 0.1) is 13.2 Å². The molecule has 0 spiro atoms. The summed E-state index contributed by atoms with van der Waals surface area (Å²) < 4.78 is 5.16. The second-order valence-corrected chi connectivity index (χ2v) is 5.17. The molecular formula is C16H19N3OS. The van der Waals surface area contributed by atoms with Gasteiger partial charge < -0.3 is 15.4 Å². The summed E-state index contributed by atoms with van der Waals surface area (Å²) >= 11 is 5.33. The molecule has 0 aliphatic carbocycles. The van der Waals surface area contributed by atoms with E-state index in [1.807, 2.05) is 43.3 Å². The standard InChI is InChI=1S/C16H19N3OS/c1-11-5-4-10-17-15(11)19-16(21)18-12(2)13-6-8-14(20-3)9-7-13/h4-10,12H,1-3H3,(H2,17,18,19,21)/t12-/m0/s1. The lowest BCUT2D eigenvalue weighted by Crippen LogP contribution is -2.31. The van der Waals surface area contributed by atoms with E-state index in [0.717, 1.165) is 22.7 Å². The maximum Gasteiger partial charge on any atom is 0.172 e. The van der Waals surface area contributed by atoms with Crippen molar-refractivity contribution in [2.75, 3.05) is 12.4 Å². The number of nitrogens with one attached hydrogen (secondary N) is 2. The molecule has 1 aromatic heterocycles. The van der Waals surface area contributed by atoms with Crippen LogP contribution >= 0.6 is 12.2 Å². The topological polar surface area (TPSA) is 46.2 Å². The third kappa shape index (κ3) is 4.16. The maximum absolute atomic E-state index is 5.33. The summed E-state index contributed by atoms with van der Waals surface area (Å²) in [6.45, 7) is 4.05. The molecule has 0 saturated carbocycles. The van der Waals surface area contributed by atoms with Crippen molar-refractivity contribution in [3.63, 3.8) is 0 Å². The molecule has 110 valence electrons. The number of pyridine rings is 1. The van der Waals surface area contributed by atoms with E-state index in [2.05, 4.69) is 22.5 Å². The molecule has 4 nitrogen and oxygen atoms in total. The van der Waals surface area contributed by atoms with E-state index in [-0.39, 0.29) is 6.04 Å². The number of aryl methyl sites for hydroxylation is 1. The Bertz CT molecular complexity index is 613. The first-order valence-electron chi connectivity index (χ1n) is 6.73. The Morgan fingerprint density at radius 3 is 2.57 bits per heavy atom. The van der Waals surface area contributed by atoms with Gasteiger partial charge in [0.2, 0.25) is 0 Å². The lowest BCUT2D eigenvalue weighted by molar-refractivity contribution is 0.414. The van der Waals surface area contributed by atoms with Gasteiger partial charge in [0.1, 0.15) is 11.6 Å². The number of methoxy groups -OCH3 is 1. The third-order valence-electron chi connectivity index (χ3n) is 3.20. The molecule has 5 heteroatoms. The number of benzene rings is 1. The van der Waals surface area contributed by atoms with Gasteiger partial charge in [-0.2, -0.15) is 0 Å². The number of ether oxygens (including phenoxy) is 1. The summed E-state index contributed by atoms with van der Waals surface area (Å²) in [5, 5.41) is 6.92. The van der Waals surface area contributed by atoms with Crippen LogP contribution in [-0.2, 0) is 0 Å². The van der Waals surface area contributed by atoms with Crippen molar-refractivity contribution in [2.24, 2.45) is 0 Å². The summed E-state index contributed by atoms with van der Waals surface area (Å²) in [7, 11) is 1.66. The van der Waals surface area contributed by atoms with Crippen LogP contribution in [0.25, 0.3) is 0 Å². The van der Waals surface area contributed by atoms with Gasteiger partial charge in [0, 0.05) is 6.20 Å². The minimum atomic E-state index is 0.0972. The molecule has 0 saturated heterocycles. The van der Waals surface area contributed by atoms with Crippen LogP contribution in [0.4, 0.5) is 5.82 Å². The Morgan fingerprint density at radius 2 is 1.95 bits per heavy atom. The van der Waals surface area contributed by atoms with Gasteiger partial charge in [-0.3, -0.25) is 0 Å². The van der Waals surface area contributed by atoms with Crippen molar-refractivity contribution >= 4 is 23.1 Å². The van der Waals surface area contributed by atoms with Crippen molar-refractivity contribution in [2.45, 2.75) is 19.9 Å². The average molecular weight is 301 g/mol. The number of anilines is 1. The van der Waals surface area contributed by atoms with E-state index in [4.69, 9.17) is 17.0 Å². The predicted octanol–water partition coefficient (Wildman–Crippen LogP) is 3.45. The lowest BCUT2D eigenvalue weighted by atomic mass is 10.1. The van der Waals surface area contributed by atoms with Crippen LogP contribution in [0.2, 0.25) is 0 Å². The molecule has 0 aliphatic rings. The van der Waals surface area contributed by atoms with E-state index in [0.29, 0.717) is 5.11 Å². The fourth-order valence-corrected chi connectivity index (χ4v) is 2.21. The minimum absolute atomic E-state index is 0.0972. The van der Waals surface area contributed by atoms with Crippen LogP contribution in [0, 0.1) is 6.92 Å². The number of thiocarbonyl (C=S) groups is 1. The van der Waals surface area contributed by atoms with Crippen molar-refractivity contribution in [3.05, 3.63) is 53.7 Å². The number of aromatic nitrogens is 1. The quantitative estimate of drug-likeness (QED) is 0.847. The molecule has 1 heterocycles. The van der Waals surface area contributed by atoms with Crippen LogP contribution < -0.4 is 15.4 Å². The van der Waals surface area contributed by atoms with Gasteiger partial charge >= 0.3 is 0 Å². The van der Waals surface area contributed by atoms with Crippen LogP contribution in [0.5, 0.6) is 5.75 Å². The van der Waals surface area contributed by atoms with Crippen LogP contribution in [0.1, 0.15) is 24.1 Å². The van der Waals surface area contributed by atoms with E-state index in [1.54, 1.807) is 13.3 Å². The monoisotopic (exact) mass is 301 g/mol. The molecule has 0 radical (unpaired) electrons. The Balaban J connectivity index is 1.97. The predicted molar refractivity (Wildman–Crippen MR) is 89.7 cm³/mol. The lowest BCUT2D eigenvalue weighted by Gasteiger charge is -2.18. The summed E-state index contributed by atoms with van der Waals surface area (Å²) in [4.78, 5) is 4.27. The molecule has 0 bridgehead atoms.